The van der Waals surface area contributed by atoms with Crippen LogP contribution in [-0.4, -0.2) is 23.9 Å². The molecule has 2 nitrogen and oxygen atoms in total. The smallest absolute Gasteiger partial charge is 0.208 e. The van der Waals surface area contributed by atoms with E-state index in [1.54, 1.807) is 0 Å². The van der Waals surface area contributed by atoms with Crippen LogP contribution in [0.5, 0.6) is 0 Å². The molecule has 2 aliphatic rings. The van der Waals surface area contributed by atoms with Crippen LogP contribution in [0, 0.1) is 25.7 Å². The maximum atomic E-state index is 2.42. The van der Waals surface area contributed by atoms with Crippen LogP contribution in [0.3, 0.4) is 0 Å². The summed E-state index contributed by atoms with van der Waals surface area (Å²) in [6, 6.07) is 13.7. The molecule has 2 heteroatoms. The molecule has 2 aliphatic heterocycles. The molecule has 27 heavy (non-hydrogen) atoms. The fraction of sp³-hybridized carbons (Fsp3) is 0.400. The molecule has 0 saturated heterocycles. The zero-order valence-corrected chi connectivity index (χ0v) is 17.1. The molecule has 2 aromatic rings. The molecule has 0 spiro atoms. The van der Waals surface area contributed by atoms with Crippen molar-refractivity contribution in [3.05, 3.63) is 70.9 Å². The summed E-state index contributed by atoms with van der Waals surface area (Å²) in [4.78, 5) is 2.42. The van der Waals surface area contributed by atoms with Crippen LogP contribution in [0.1, 0.15) is 36.1 Å². The van der Waals surface area contributed by atoms with Gasteiger partial charge in [-0.05, 0) is 50.3 Å². The maximum absolute atomic E-state index is 2.42. The first kappa shape index (κ1) is 18.0. The van der Waals surface area contributed by atoms with E-state index < -0.39 is 0 Å². The molecule has 2 aromatic carbocycles. The summed E-state index contributed by atoms with van der Waals surface area (Å²) in [6.45, 7) is 11.2. The van der Waals surface area contributed by atoms with Crippen LogP contribution in [0.25, 0.3) is 0 Å². The van der Waals surface area contributed by atoms with E-state index in [0.29, 0.717) is 11.8 Å². The predicted octanol–water partition coefficient (Wildman–Crippen LogP) is 5.42. The van der Waals surface area contributed by atoms with Crippen LogP contribution in [0.2, 0.25) is 0 Å². The second kappa shape index (κ2) is 7.34. The zero-order chi connectivity index (χ0) is 19.0. The maximum Gasteiger partial charge on any atom is 0.208 e. The first-order chi connectivity index (χ1) is 13.0. The SMILES string of the molecule is Cc1ccc2c(c1)CC(C)CN2/C=C/C=[N+]1CC(C)Cc2cc(C)ccc21. The molecule has 4 rings (SSSR count). The Morgan fingerprint density at radius 1 is 0.926 bits per heavy atom. The normalized spacial score (nSPS) is 23.6. The molecule has 140 valence electrons. The fourth-order valence-corrected chi connectivity index (χ4v) is 4.59. The van der Waals surface area contributed by atoms with Crippen molar-refractivity contribution in [1.82, 2.24) is 0 Å². The third kappa shape index (κ3) is 3.85. The molecule has 0 fully saturated rings. The number of rotatable bonds is 2. The van der Waals surface area contributed by atoms with E-state index in [2.05, 4.69) is 92.1 Å². The van der Waals surface area contributed by atoms with Crippen molar-refractivity contribution in [1.29, 1.82) is 0 Å². The quantitative estimate of drug-likeness (QED) is 0.649. The summed E-state index contributed by atoms with van der Waals surface area (Å²) in [5, 5.41) is 0. The van der Waals surface area contributed by atoms with Gasteiger partial charge < -0.3 is 4.90 Å². The van der Waals surface area contributed by atoms with E-state index in [1.165, 1.54) is 46.5 Å². The second-order valence-corrected chi connectivity index (χ2v) is 8.68. The Hall–Kier alpha value is -2.35. The van der Waals surface area contributed by atoms with E-state index in [-0.39, 0.29) is 0 Å². The Balaban J connectivity index is 1.61. The lowest BCUT2D eigenvalue weighted by atomic mass is 9.93. The highest BCUT2D eigenvalue weighted by Crippen LogP contribution is 2.31. The van der Waals surface area contributed by atoms with Crippen LogP contribution in [0.4, 0.5) is 11.4 Å². The number of hydrogen-bond acceptors (Lipinski definition) is 1. The van der Waals surface area contributed by atoms with Gasteiger partial charge in [0.25, 0.3) is 0 Å². The largest absolute Gasteiger partial charge is 0.347 e. The minimum absolute atomic E-state index is 0.683. The van der Waals surface area contributed by atoms with Gasteiger partial charge >= 0.3 is 0 Å². The minimum Gasteiger partial charge on any atom is -0.347 e. The van der Waals surface area contributed by atoms with Crippen LogP contribution < -0.4 is 4.90 Å². The van der Waals surface area contributed by atoms with E-state index in [4.69, 9.17) is 0 Å². The summed E-state index contributed by atoms with van der Waals surface area (Å²) >= 11 is 0. The van der Waals surface area contributed by atoms with Gasteiger partial charge in [-0.2, -0.15) is 4.58 Å². The highest BCUT2D eigenvalue weighted by molar-refractivity contribution is 5.70. The first-order valence-corrected chi connectivity index (χ1v) is 10.2. The van der Waals surface area contributed by atoms with Crippen molar-refractivity contribution in [2.75, 3.05) is 18.0 Å². The van der Waals surface area contributed by atoms with Crippen LogP contribution >= 0.6 is 0 Å². The predicted molar refractivity (Wildman–Crippen MR) is 115 cm³/mol. The molecule has 0 aromatic heterocycles. The summed E-state index contributed by atoms with van der Waals surface area (Å²) in [5.41, 5.74) is 8.40. The topological polar surface area (TPSA) is 6.25 Å². The molecule has 0 amide bonds. The summed E-state index contributed by atoms with van der Waals surface area (Å²) in [7, 11) is 0. The van der Waals surface area contributed by atoms with E-state index in [9.17, 15) is 0 Å². The van der Waals surface area contributed by atoms with Crippen molar-refractivity contribution in [2.24, 2.45) is 11.8 Å². The molecule has 0 N–H and O–H groups in total. The van der Waals surface area contributed by atoms with Gasteiger partial charge in [-0.15, -0.1) is 0 Å². The van der Waals surface area contributed by atoms with Gasteiger partial charge in [0.1, 0.15) is 0 Å². The Bertz CT molecular complexity index is 907. The van der Waals surface area contributed by atoms with Crippen molar-refractivity contribution < 1.29 is 4.58 Å². The number of benzene rings is 2. The highest BCUT2D eigenvalue weighted by atomic mass is 15.1. The Labute approximate surface area is 163 Å². The molecule has 0 saturated carbocycles. The number of nitrogens with zero attached hydrogens (tertiary/aromatic N) is 2. The van der Waals surface area contributed by atoms with E-state index in [1.807, 2.05) is 0 Å². The van der Waals surface area contributed by atoms with Crippen molar-refractivity contribution in [3.8, 4) is 0 Å². The monoisotopic (exact) mass is 359 g/mol. The first-order valence-electron chi connectivity index (χ1n) is 10.2. The van der Waals surface area contributed by atoms with Gasteiger partial charge in [0, 0.05) is 42.1 Å². The Morgan fingerprint density at radius 2 is 1.63 bits per heavy atom. The lowest BCUT2D eigenvalue weighted by Crippen LogP contribution is -2.30. The fourth-order valence-electron chi connectivity index (χ4n) is 4.59. The lowest BCUT2D eigenvalue weighted by Gasteiger charge is -2.32. The average Bonchev–Trinajstić information content (AvgIpc) is 2.60. The second-order valence-electron chi connectivity index (χ2n) is 8.68. The molecule has 0 aliphatic carbocycles. The molecule has 2 unspecified atom stereocenters. The standard InChI is InChI=1S/C25H31N2/c1-18-6-8-24-22(12-18)14-20(3)16-26(24)10-5-11-27-17-21(4)15-23-13-19(2)7-9-25(23)27/h5-13,20-21H,14-17H2,1-4H3/q+1. The molecule has 0 radical (unpaired) electrons. The minimum atomic E-state index is 0.683. The Kier molecular flexibility index (Phi) is 4.90. The summed E-state index contributed by atoms with van der Waals surface area (Å²) in [6.07, 6.45) is 9.11. The Morgan fingerprint density at radius 3 is 2.44 bits per heavy atom. The highest BCUT2D eigenvalue weighted by Gasteiger charge is 2.25. The molecule has 2 heterocycles. The number of aryl methyl sites for hydroxylation is 2. The van der Waals surface area contributed by atoms with Gasteiger partial charge in [0.05, 0.1) is 0 Å². The van der Waals surface area contributed by atoms with Gasteiger partial charge in [0.15, 0.2) is 12.8 Å². The third-order valence-electron chi connectivity index (χ3n) is 5.77. The number of hydrogen-bond donors (Lipinski definition) is 0. The number of anilines is 1. The van der Waals surface area contributed by atoms with Gasteiger partial charge in [-0.1, -0.05) is 43.2 Å². The number of allylic oxidation sites excluding steroid dienone is 1. The molecule has 2 atom stereocenters. The van der Waals surface area contributed by atoms with Crippen LogP contribution in [0.15, 0.2) is 48.7 Å². The summed E-state index contributed by atoms with van der Waals surface area (Å²) in [5.74, 6) is 1.37. The zero-order valence-electron chi connectivity index (χ0n) is 17.1. The van der Waals surface area contributed by atoms with Gasteiger partial charge in [0.2, 0.25) is 5.69 Å². The van der Waals surface area contributed by atoms with E-state index in [0.717, 1.165) is 13.1 Å². The van der Waals surface area contributed by atoms with Crippen molar-refractivity contribution in [3.63, 3.8) is 0 Å². The number of fused-ring (bicyclic) bond motifs is 2. The third-order valence-corrected chi connectivity index (χ3v) is 5.77. The molecule has 0 bridgehead atoms. The van der Waals surface area contributed by atoms with E-state index >= 15 is 0 Å². The van der Waals surface area contributed by atoms with Gasteiger partial charge in [-0.3, -0.25) is 0 Å². The lowest BCUT2D eigenvalue weighted by molar-refractivity contribution is -0.449. The average molecular weight is 360 g/mol. The molecular formula is C25H31N2+. The van der Waals surface area contributed by atoms with Crippen molar-refractivity contribution >= 4 is 17.6 Å². The molecular weight excluding hydrogens is 328 g/mol. The van der Waals surface area contributed by atoms with Crippen LogP contribution in [-0.2, 0) is 12.8 Å². The van der Waals surface area contributed by atoms with Crippen molar-refractivity contribution in [2.45, 2.75) is 40.5 Å². The summed E-state index contributed by atoms with van der Waals surface area (Å²) < 4.78 is 2.42. The van der Waals surface area contributed by atoms with Gasteiger partial charge in [-0.25, -0.2) is 0 Å².